The van der Waals surface area contributed by atoms with Gasteiger partial charge in [-0.1, -0.05) is 37.8 Å². The second-order valence-corrected chi connectivity index (χ2v) is 6.59. The number of benzene rings is 1. The maximum absolute atomic E-state index is 14.0. The van der Waals surface area contributed by atoms with Gasteiger partial charge in [-0.25, -0.2) is 4.39 Å². The largest absolute Gasteiger partial charge is 0.316 e. The number of hydrogen-bond donors (Lipinski definition) is 1. The van der Waals surface area contributed by atoms with Gasteiger partial charge in [0.1, 0.15) is 5.82 Å². The quantitative estimate of drug-likeness (QED) is 0.731. The van der Waals surface area contributed by atoms with E-state index >= 15 is 0 Å². The molecule has 1 aromatic carbocycles. The Morgan fingerprint density at radius 2 is 2.00 bits per heavy atom. The van der Waals surface area contributed by atoms with Crippen LogP contribution < -0.4 is 5.32 Å². The molecule has 0 heterocycles. The van der Waals surface area contributed by atoms with Gasteiger partial charge < -0.3 is 5.32 Å². The third kappa shape index (κ3) is 4.20. The summed E-state index contributed by atoms with van der Waals surface area (Å²) in [5.74, 6) is -0.116. The maximum Gasteiger partial charge on any atom is 0.126 e. The molecule has 0 bridgehead atoms. The molecule has 1 fully saturated rings. The summed E-state index contributed by atoms with van der Waals surface area (Å²) in [5, 5.41) is 4.18. The fourth-order valence-corrected chi connectivity index (χ4v) is 3.53. The molecule has 1 saturated carbocycles. The number of hydrogen-bond acceptors (Lipinski definition) is 1. The van der Waals surface area contributed by atoms with E-state index in [1.165, 1.54) is 38.2 Å². The van der Waals surface area contributed by atoms with Crippen LogP contribution in [-0.4, -0.2) is 13.1 Å². The van der Waals surface area contributed by atoms with Crippen molar-refractivity contribution in [2.24, 2.45) is 5.41 Å². The van der Waals surface area contributed by atoms with Gasteiger partial charge >= 0.3 is 0 Å². The van der Waals surface area contributed by atoms with Crippen molar-refractivity contribution in [3.63, 3.8) is 0 Å². The molecule has 3 heteroatoms. The Bertz CT molecular complexity index is 427. The van der Waals surface area contributed by atoms with Crippen molar-refractivity contribution in [2.45, 2.75) is 51.9 Å². The second kappa shape index (κ2) is 7.42. The zero-order valence-electron chi connectivity index (χ0n) is 12.4. The van der Waals surface area contributed by atoms with Gasteiger partial charge in [0.15, 0.2) is 0 Å². The summed E-state index contributed by atoms with van der Waals surface area (Å²) < 4.78 is 14.0. The van der Waals surface area contributed by atoms with Crippen LogP contribution in [0.1, 0.15) is 51.0 Å². The highest BCUT2D eigenvalue weighted by atomic mass is 35.5. The Morgan fingerprint density at radius 1 is 1.25 bits per heavy atom. The van der Waals surface area contributed by atoms with E-state index in [9.17, 15) is 4.39 Å². The minimum Gasteiger partial charge on any atom is -0.316 e. The minimum atomic E-state index is -0.116. The lowest BCUT2D eigenvalue weighted by Gasteiger charge is -2.38. The van der Waals surface area contributed by atoms with E-state index in [0.29, 0.717) is 5.02 Å². The van der Waals surface area contributed by atoms with E-state index in [1.807, 2.05) is 0 Å². The predicted molar refractivity (Wildman–Crippen MR) is 83.8 cm³/mol. The SMILES string of the molecule is CCCNCC1(Cc2cc(Cl)ccc2F)CCCCC1. The summed E-state index contributed by atoms with van der Waals surface area (Å²) >= 11 is 6.02. The molecular weight excluding hydrogens is 273 g/mol. The van der Waals surface area contributed by atoms with Crippen LogP contribution in [0, 0.1) is 11.2 Å². The lowest BCUT2D eigenvalue weighted by Crippen LogP contribution is -2.38. The van der Waals surface area contributed by atoms with Crippen LogP contribution in [-0.2, 0) is 6.42 Å². The van der Waals surface area contributed by atoms with Crippen LogP contribution in [0.5, 0.6) is 0 Å². The molecule has 1 aromatic rings. The maximum atomic E-state index is 14.0. The van der Waals surface area contributed by atoms with Gasteiger partial charge in [-0.05, 0) is 61.4 Å². The molecule has 0 aromatic heterocycles. The average Bonchev–Trinajstić information content (AvgIpc) is 2.44. The molecule has 20 heavy (non-hydrogen) atoms. The monoisotopic (exact) mass is 297 g/mol. The Hall–Kier alpha value is -0.600. The van der Waals surface area contributed by atoms with E-state index in [1.54, 1.807) is 12.1 Å². The van der Waals surface area contributed by atoms with Gasteiger partial charge in [0.25, 0.3) is 0 Å². The van der Waals surface area contributed by atoms with Crippen LogP contribution in [0.15, 0.2) is 18.2 Å². The molecule has 112 valence electrons. The first-order valence-electron chi connectivity index (χ1n) is 7.80. The van der Waals surface area contributed by atoms with Crippen molar-refractivity contribution in [1.29, 1.82) is 0 Å². The summed E-state index contributed by atoms with van der Waals surface area (Å²) in [6.07, 6.45) is 8.16. The molecule has 0 amide bonds. The van der Waals surface area contributed by atoms with Crippen molar-refractivity contribution >= 4 is 11.6 Å². The molecule has 0 atom stereocenters. The fourth-order valence-electron chi connectivity index (χ4n) is 3.33. The van der Waals surface area contributed by atoms with Crippen LogP contribution in [0.4, 0.5) is 4.39 Å². The van der Waals surface area contributed by atoms with Crippen molar-refractivity contribution in [3.8, 4) is 0 Å². The van der Waals surface area contributed by atoms with Gasteiger partial charge in [-0.15, -0.1) is 0 Å². The Kier molecular flexibility index (Phi) is 5.86. The van der Waals surface area contributed by atoms with Crippen molar-refractivity contribution in [3.05, 3.63) is 34.6 Å². The summed E-state index contributed by atoms with van der Waals surface area (Å²) in [6.45, 7) is 4.21. The molecular formula is C17H25ClFN. The van der Waals surface area contributed by atoms with E-state index in [4.69, 9.17) is 11.6 Å². The molecule has 0 radical (unpaired) electrons. The molecule has 0 aliphatic heterocycles. The van der Waals surface area contributed by atoms with Crippen LogP contribution in [0.2, 0.25) is 5.02 Å². The first-order chi connectivity index (χ1) is 9.65. The molecule has 2 rings (SSSR count). The molecule has 1 aliphatic carbocycles. The number of halogens is 2. The van der Waals surface area contributed by atoms with Crippen LogP contribution in [0.25, 0.3) is 0 Å². The van der Waals surface area contributed by atoms with Crippen LogP contribution in [0.3, 0.4) is 0 Å². The third-order valence-corrected chi connectivity index (χ3v) is 4.65. The number of nitrogens with one attached hydrogen (secondary N) is 1. The first kappa shape index (κ1) is 15.8. The van der Waals surface area contributed by atoms with Crippen LogP contribution >= 0.6 is 11.6 Å². The van der Waals surface area contributed by atoms with E-state index < -0.39 is 0 Å². The number of rotatable bonds is 6. The fraction of sp³-hybridized carbons (Fsp3) is 0.647. The van der Waals surface area contributed by atoms with Gasteiger partial charge in [0, 0.05) is 11.6 Å². The predicted octanol–water partition coefficient (Wildman–Crippen LogP) is 4.97. The molecule has 1 nitrogen and oxygen atoms in total. The minimum absolute atomic E-state index is 0.116. The van der Waals surface area contributed by atoms with Gasteiger partial charge in [0.2, 0.25) is 0 Å². The highest BCUT2D eigenvalue weighted by Gasteiger charge is 2.32. The van der Waals surface area contributed by atoms with E-state index in [0.717, 1.165) is 31.5 Å². The average molecular weight is 298 g/mol. The van der Waals surface area contributed by atoms with E-state index in [-0.39, 0.29) is 11.2 Å². The normalized spacial score (nSPS) is 18.1. The van der Waals surface area contributed by atoms with Crippen molar-refractivity contribution < 1.29 is 4.39 Å². The van der Waals surface area contributed by atoms with E-state index in [2.05, 4.69) is 12.2 Å². The molecule has 1 aliphatic rings. The highest BCUT2D eigenvalue weighted by Crippen LogP contribution is 2.39. The van der Waals surface area contributed by atoms with Crippen molar-refractivity contribution in [2.75, 3.05) is 13.1 Å². The second-order valence-electron chi connectivity index (χ2n) is 6.15. The molecule has 1 N–H and O–H groups in total. The van der Waals surface area contributed by atoms with Gasteiger partial charge in [-0.3, -0.25) is 0 Å². The first-order valence-corrected chi connectivity index (χ1v) is 8.18. The Morgan fingerprint density at radius 3 is 2.70 bits per heavy atom. The Balaban J connectivity index is 2.12. The Labute approximate surface area is 126 Å². The summed E-state index contributed by atoms with van der Waals surface area (Å²) in [6, 6.07) is 4.92. The lowest BCUT2D eigenvalue weighted by atomic mass is 9.70. The standard InChI is InChI=1S/C17H25ClFN/c1-2-10-20-13-17(8-4-3-5-9-17)12-14-11-15(18)6-7-16(14)19/h6-7,11,20H,2-5,8-10,12-13H2,1H3. The smallest absolute Gasteiger partial charge is 0.126 e. The van der Waals surface area contributed by atoms with Gasteiger partial charge in [-0.2, -0.15) is 0 Å². The lowest BCUT2D eigenvalue weighted by molar-refractivity contribution is 0.179. The molecule has 0 spiro atoms. The molecule has 0 unspecified atom stereocenters. The zero-order valence-corrected chi connectivity index (χ0v) is 13.1. The summed E-state index contributed by atoms with van der Waals surface area (Å²) in [5.41, 5.74) is 0.983. The van der Waals surface area contributed by atoms with Crippen molar-refractivity contribution in [1.82, 2.24) is 5.32 Å². The summed E-state index contributed by atoms with van der Waals surface area (Å²) in [7, 11) is 0. The zero-order chi connectivity index (χ0) is 14.4. The van der Waals surface area contributed by atoms with Gasteiger partial charge in [0.05, 0.1) is 0 Å². The third-order valence-electron chi connectivity index (χ3n) is 4.41. The summed E-state index contributed by atoms with van der Waals surface area (Å²) in [4.78, 5) is 0. The topological polar surface area (TPSA) is 12.0 Å². The highest BCUT2D eigenvalue weighted by molar-refractivity contribution is 6.30. The molecule has 0 saturated heterocycles.